The van der Waals surface area contributed by atoms with E-state index in [1.807, 2.05) is 0 Å². The minimum Gasteiger partial charge on any atom is -0.465 e. The minimum absolute atomic E-state index is 0.106. The molecule has 0 heterocycles. The van der Waals surface area contributed by atoms with Gasteiger partial charge in [0.2, 0.25) is 0 Å². The first kappa shape index (κ1) is 21.7. The number of hydrogen-bond acceptors (Lipinski definition) is 4. The van der Waals surface area contributed by atoms with Gasteiger partial charge in [-0.2, -0.15) is 13.2 Å². The van der Waals surface area contributed by atoms with Gasteiger partial charge in [-0.05, 0) is 18.1 Å². The lowest BCUT2D eigenvalue weighted by atomic mass is 9.88. The zero-order valence-corrected chi connectivity index (χ0v) is 14.8. The van der Waals surface area contributed by atoms with Crippen molar-refractivity contribution in [3.8, 4) is 0 Å². The largest absolute Gasteiger partial charge is 0.465 e. The second-order valence-corrected chi connectivity index (χ2v) is 5.86. The first-order chi connectivity index (χ1) is 10.7. The van der Waals surface area contributed by atoms with Crippen LogP contribution < -0.4 is 5.73 Å². The van der Waals surface area contributed by atoms with E-state index in [1.54, 1.807) is 0 Å². The molecular weight excluding hydrogens is 379 g/mol. The molecule has 1 aromatic rings. The van der Waals surface area contributed by atoms with Crippen molar-refractivity contribution in [3.63, 3.8) is 0 Å². The molecule has 0 saturated heterocycles. The first-order valence-corrected chi connectivity index (χ1v) is 7.65. The molecule has 1 aliphatic rings. The van der Waals surface area contributed by atoms with Crippen LogP contribution in [0.3, 0.4) is 0 Å². The third-order valence-electron chi connectivity index (χ3n) is 3.25. The van der Waals surface area contributed by atoms with Crippen LogP contribution in [0.5, 0.6) is 0 Å². The molecule has 2 rings (SSSR count). The molecule has 1 aromatic carbocycles. The molecule has 1 aliphatic carbocycles. The van der Waals surface area contributed by atoms with Crippen molar-refractivity contribution < 1.29 is 27.8 Å². The van der Waals surface area contributed by atoms with Crippen LogP contribution in [-0.2, 0) is 10.9 Å². The van der Waals surface area contributed by atoms with Crippen molar-refractivity contribution in [1.82, 2.24) is 0 Å². The Balaban J connectivity index is 0.000000574. The molecule has 0 spiro atoms. The molecule has 0 amide bonds. The SMILES string of the molecule is CC1CCC1.CO.COC(=O)c1cc(Br)cc(C(F)(F)F)c1N. The molecule has 3 N–H and O–H groups in total. The molecule has 23 heavy (non-hydrogen) atoms. The lowest BCUT2D eigenvalue weighted by Gasteiger charge is -2.18. The van der Waals surface area contributed by atoms with E-state index in [9.17, 15) is 18.0 Å². The monoisotopic (exact) mass is 399 g/mol. The molecule has 1 saturated carbocycles. The Bertz CT molecular complexity index is 517. The summed E-state index contributed by atoms with van der Waals surface area (Å²) >= 11 is 2.87. The predicted molar refractivity (Wildman–Crippen MR) is 86.1 cm³/mol. The van der Waals surface area contributed by atoms with Gasteiger partial charge in [0.15, 0.2) is 0 Å². The second kappa shape index (κ2) is 9.77. The standard InChI is InChI=1S/C9H7BrF3NO2.C5H10.CH4O/c1-16-8(15)5-2-4(10)3-6(7(5)14)9(11,12)13;1-5-3-2-4-5;1-2/h2-3H,14H2,1H3;5H,2-4H2,1H3;2H,1H3. The van der Waals surface area contributed by atoms with E-state index >= 15 is 0 Å². The first-order valence-electron chi connectivity index (χ1n) is 6.86. The van der Waals surface area contributed by atoms with Crippen molar-refractivity contribution in [2.24, 2.45) is 5.92 Å². The molecule has 0 bridgehead atoms. The number of ether oxygens (including phenoxy) is 1. The van der Waals surface area contributed by atoms with Gasteiger partial charge in [-0.1, -0.05) is 42.1 Å². The van der Waals surface area contributed by atoms with Crippen LogP contribution in [0.25, 0.3) is 0 Å². The van der Waals surface area contributed by atoms with Crippen molar-refractivity contribution in [2.45, 2.75) is 32.4 Å². The van der Waals surface area contributed by atoms with Gasteiger partial charge < -0.3 is 15.6 Å². The number of carbonyl (C=O) groups is 1. The van der Waals surface area contributed by atoms with Crippen molar-refractivity contribution in [3.05, 3.63) is 27.7 Å². The van der Waals surface area contributed by atoms with E-state index in [2.05, 4.69) is 27.6 Å². The van der Waals surface area contributed by atoms with Crippen LogP contribution in [-0.4, -0.2) is 25.3 Å². The predicted octanol–water partition coefficient (Wildman–Crippen LogP) is 4.25. The number of rotatable bonds is 1. The Morgan fingerprint density at radius 3 is 2.13 bits per heavy atom. The number of anilines is 1. The number of carbonyl (C=O) groups excluding carboxylic acids is 1. The minimum atomic E-state index is -4.61. The summed E-state index contributed by atoms with van der Waals surface area (Å²) in [6, 6.07) is 1.98. The van der Waals surface area contributed by atoms with E-state index in [0.717, 1.165) is 26.2 Å². The number of nitrogen functional groups attached to an aromatic ring is 1. The number of benzene rings is 1. The van der Waals surface area contributed by atoms with E-state index < -0.39 is 23.4 Å². The van der Waals surface area contributed by atoms with Crippen LogP contribution in [0.15, 0.2) is 16.6 Å². The highest BCUT2D eigenvalue weighted by Gasteiger charge is 2.35. The molecule has 0 aromatic heterocycles. The van der Waals surface area contributed by atoms with E-state index in [-0.39, 0.29) is 10.0 Å². The maximum atomic E-state index is 12.5. The van der Waals surface area contributed by atoms with Crippen molar-refractivity contribution in [2.75, 3.05) is 20.0 Å². The normalized spacial score (nSPS) is 13.7. The van der Waals surface area contributed by atoms with E-state index in [0.29, 0.717) is 0 Å². The lowest BCUT2D eigenvalue weighted by molar-refractivity contribution is -0.136. The van der Waals surface area contributed by atoms with Crippen LogP contribution in [0.4, 0.5) is 18.9 Å². The molecule has 4 nitrogen and oxygen atoms in total. The van der Waals surface area contributed by atoms with Crippen molar-refractivity contribution in [1.29, 1.82) is 0 Å². The fraction of sp³-hybridized carbons (Fsp3) is 0.533. The number of aliphatic hydroxyl groups is 1. The third-order valence-corrected chi connectivity index (χ3v) is 3.71. The van der Waals surface area contributed by atoms with Crippen LogP contribution >= 0.6 is 15.9 Å². The highest BCUT2D eigenvalue weighted by atomic mass is 79.9. The summed E-state index contributed by atoms with van der Waals surface area (Å²) in [5.41, 5.74) is 3.25. The number of halogens is 4. The summed E-state index contributed by atoms with van der Waals surface area (Å²) < 4.78 is 42.0. The fourth-order valence-corrected chi connectivity index (χ4v) is 2.20. The molecule has 0 unspecified atom stereocenters. The third kappa shape index (κ3) is 6.78. The number of nitrogens with two attached hydrogens (primary N) is 1. The molecule has 0 atom stereocenters. The summed E-state index contributed by atoms with van der Waals surface area (Å²) in [5, 5.41) is 7.00. The van der Waals surface area contributed by atoms with Crippen LogP contribution in [0, 0.1) is 5.92 Å². The van der Waals surface area contributed by atoms with Gasteiger partial charge in [0.1, 0.15) is 0 Å². The molecule has 8 heteroatoms. The average Bonchev–Trinajstić information content (AvgIpc) is 2.48. The number of methoxy groups -OCH3 is 1. The van der Waals surface area contributed by atoms with Gasteiger partial charge in [0.25, 0.3) is 0 Å². The van der Waals surface area contributed by atoms with Gasteiger partial charge in [-0.25, -0.2) is 4.79 Å². The lowest BCUT2D eigenvalue weighted by Crippen LogP contribution is -2.14. The van der Waals surface area contributed by atoms with Gasteiger partial charge in [0.05, 0.1) is 23.9 Å². The molecule has 0 radical (unpaired) electrons. The molecule has 132 valence electrons. The topological polar surface area (TPSA) is 72.5 Å². The zero-order valence-electron chi connectivity index (χ0n) is 13.2. The molecular formula is C15H21BrF3NO3. The Kier molecular flexibility index (Phi) is 9.23. The number of hydrogen-bond donors (Lipinski definition) is 2. The van der Waals surface area contributed by atoms with E-state index in [1.165, 1.54) is 25.3 Å². The quantitative estimate of drug-likeness (QED) is 0.546. The molecule has 0 aliphatic heterocycles. The maximum Gasteiger partial charge on any atom is 0.418 e. The zero-order chi connectivity index (χ0) is 18.2. The fourth-order valence-electron chi connectivity index (χ4n) is 1.74. The Morgan fingerprint density at radius 2 is 1.83 bits per heavy atom. The van der Waals surface area contributed by atoms with Crippen molar-refractivity contribution >= 4 is 27.6 Å². The summed E-state index contributed by atoms with van der Waals surface area (Å²) in [6.45, 7) is 2.31. The van der Waals surface area contributed by atoms with Gasteiger partial charge in [-0.3, -0.25) is 0 Å². The Morgan fingerprint density at radius 1 is 1.35 bits per heavy atom. The summed E-state index contributed by atoms with van der Waals surface area (Å²) in [5.74, 6) is 0.152. The average molecular weight is 400 g/mol. The maximum absolute atomic E-state index is 12.5. The van der Waals surface area contributed by atoms with Gasteiger partial charge in [0, 0.05) is 11.6 Å². The van der Waals surface area contributed by atoms with Gasteiger partial charge >= 0.3 is 12.1 Å². The summed E-state index contributed by atoms with van der Waals surface area (Å²) in [4.78, 5) is 11.2. The number of alkyl halides is 3. The highest BCUT2D eigenvalue weighted by molar-refractivity contribution is 9.10. The second-order valence-electron chi connectivity index (χ2n) is 4.94. The Hall–Kier alpha value is -1.28. The number of aliphatic hydroxyl groups excluding tert-OH is 1. The smallest absolute Gasteiger partial charge is 0.418 e. The molecule has 1 fully saturated rings. The highest BCUT2D eigenvalue weighted by Crippen LogP contribution is 2.37. The Labute approximate surface area is 141 Å². The van der Waals surface area contributed by atoms with Gasteiger partial charge in [-0.15, -0.1) is 0 Å². The number of esters is 1. The van der Waals surface area contributed by atoms with E-state index in [4.69, 9.17) is 10.8 Å². The van der Waals surface area contributed by atoms with Crippen LogP contribution in [0.1, 0.15) is 42.1 Å². The summed E-state index contributed by atoms with van der Waals surface area (Å²) in [7, 11) is 2.07. The van der Waals surface area contributed by atoms with Crippen LogP contribution in [0.2, 0.25) is 0 Å². The summed E-state index contributed by atoms with van der Waals surface area (Å²) in [6.07, 6.45) is -0.155.